The van der Waals surface area contributed by atoms with Crippen LogP contribution in [0.1, 0.15) is 66.2 Å². The number of ketones is 1. The first-order valence-electron chi connectivity index (χ1n) is 7.88. The summed E-state index contributed by atoms with van der Waals surface area (Å²) in [5.74, 6) is 0.411. The van der Waals surface area contributed by atoms with Gasteiger partial charge in [0.05, 0.1) is 6.04 Å². The summed E-state index contributed by atoms with van der Waals surface area (Å²) in [6, 6.07) is -0.513. The first-order chi connectivity index (χ1) is 9.69. The number of hydrogen-bond donors (Lipinski definition) is 1. The Morgan fingerprint density at radius 3 is 2.29 bits per heavy atom. The van der Waals surface area contributed by atoms with E-state index >= 15 is 0 Å². The summed E-state index contributed by atoms with van der Waals surface area (Å²) in [6.07, 6.45) is 6.13. The van der Waals surface area contributed by atoms with Gasteiger partial charge in [-0.3, -0.25) is 4.79 Å². The van der Waals surface area contributed by atoms with E-state index in [1.54, 1.807) is 6.92 Å². The zero-order chi connectivity index (χ0) is 16.0. The van der Waals surface area contributed by atoms with Crippen LogP contribution in [0, 0.1) is 5.92 Å². The van der Waals surface area contributed by atoms with E-state index < -0.39 is 17.7 Å². The highest BCUT2D eigenvalue weighted by Crippen LogP contribution is 2.28. The average molecular weight is 295 g/mol. The molecule has 1 atom stereocenters. The highest BCUT2D eigenvalue weighted by Gasteiger charge is 2.27. The Labute approximate surface area is 128 Å². The molecule has 0 saturated heterocycles. The van der Waals surface area contributed by atoms with Gasteiger partial charge < -0.3 is 10.1 Å². The fourth-order valence-electron chi connectivity index (χ4n) is 2.73. The number of rotatable bonds is 5. The van der Waals surface area contributed by atoms with Crippen LogP contribution in [0.2, 0.25) is 0 Å². The lowest BCUT2D eigenvalue weighted by atomic mass is 9.83. The van der Waals surface area contributed by atoms with E-state index in [9.17, 15) is 9.59 Å². The molecule has 0 radical (unpaired) electrons. The minimum atomic E-state index is -0.564. The molecule has 1 unspecified atom stereocenters. The van der Waals surface area contributed by atoms with Gasteiger partial charge in [0.25, 0.3) is 0 Å². The third kappa shape index (κ3) is 6.78. The Hall–Kier alpha value is -1.32. The maximum absolute atomic E-state index is 12.2. The van der Waals surface area contributed by atoms with Gasteiger partial charge in [0.1, 0.15) is 5.60 Å². The number of amides is 1. The van der Waals surface area contributed by atoms with Crippen LogP contribution in [0.15, 0.2) is 12.2 Å². The fraction of sp³-hybridized carbons (Fsp3) is 0.765. The van der Waals surface area contributed by atoms with Gasteiger partial charge in [-0.15, -0.1) is 0 Å². The molecule has 1 N–H and O–H groups in total. The molecule has 120 valence electrons. The third-order valence-corrected chi connectivity index (χ3v) is 3.72. The summed E-state index contributed by atoms with van der Waals surface area (Å²) >= 11 is 0. The Morgan fingerprint density at radius 2 is 1.81 bits per heavy atom. The first-order valence-corrected chi connectivity index (χ1v) is 7.88. The van der Waals surface area contributed by atoms with Crippen molar-refractivity contribution in [3.63, 3.8) is 0 Å². The van der Waals surface area contributed by atoms with Crippen molar-refractivity contribution in [1.29, 1.82) is 0 Å². The van der Waals surface area contributed by atoms with E-state index in [0.29, 0.717) is 17.9 Å². The van der Waals surface area contributed by atoms with Crippen molar-refractivity contribution in [2.24, 2.45) is 5.92 Å². The Bertz CT molecular complexity index is 389. The first kappa shape index (κ1) is 17.7. The summed E-state index contributed by atoms with van der Waals surface area (Å²) in [5, 5.41) is 2.73. The lowest BCUT2D eigenvalue weighted by Gasteiger charge is -2.27. The minimum absolute atomic E-state index is 0.0913. The van der Waals surface area contributed by atoms with Crippen LogP contribution in [0.25, 0.3) is 0 Å². The number of Topliss-reactive ketones (excluding diaryl/α,β-unsaturated/α-hetero) is 1. The van der Waals surface area contributed by atoms with Gasteiger partial charge in [-0.05, 0) is 45.6 Å². The van der Waals surface area contributed by atoms with Gasteiger partial charge in [0.2, 0.25) is 0 Å². The monoisotopic (exact) mass is 295 g/mol. The van der Waals surface area contributed by atoms with E-state index in [1.165, 1.54) is 19.3 Å². The minimum Gasteiger partial charge on any atom is -0.444 e. The number of carbonyl (C=O) groups is 2. The van der Waals surface area contributed by atoms with Crippen molar-refractivity contribution < 1.29 is 14.3 Å². The van der Waals surface area contributed by atoms with Crippen LogP contribution < -0.4 is 5.32 Å². The van der Waals surface area contributed by atoms with Crippen LogP contribution in [-0.2, 0) is 9.53 Å². The van der Waals surface area contributed by atoms with Crippen molar-refractivity contribution in [2.75, 3.05) is 0 Å². The SMILES string of the molecule is C=C(C)C(=O)C(CC1CCCCC1)NC(=O)OC(C)(C)C. The van der Waals surface area contributed by atoms with Crippen molar-refractivity contribution in [3.05, 3.63) is 12.2 Å². The second-order valence-electron chi connectivity index (χ2n) is 7.08. The topological polar surface area (TPSA) is 55.4 Å². The molecule has 0 aromatic carbocycles. The summed E-state index contributed by atoms with van der Waals surface area (Å²) in [7, 11) is 0. The lowest BCUT2D eigenvalue weighted by molar-refractivity contribution is -0.118. The molecule has 4 heteroatoms. The predicted molar refractivity (Wildman–Crippen MR) is 84.2 cm³/mol. The molecule has 1 aliphatic carbocycles. The molecule has 21 heavy (non-hydrogen) atoms. The van der Waals surface area contributed by atoms with E-state index in [4.69, 9.17) is 4.74 Å². The zero-order valence-corrected chi connectivity index (χ0v) is 13.8. The molecule has 0 aromatic heterocycles. The Kier molecular flexibility index (Phi) is 6.43. The molecule has 1 rings (SSSR count). The second-order valence-corrected chi connectivity index (χ2v) is 7.08. The predicted octanol–water partition coefficient (Wildman–Crippen LogP) is 4.00. The fourth-order valence-corrected chi connectivity index (χ4v) is 2.73. The molecule has 1 saturated carbocycles. The van der Waals surface area contributed by atoms with Gasteiger partial charge >= 0.3 is 6.09 Å². The largest absolute Gasteiger partial charge is 0.444 e. The maximum atomic E-state index is 12.2. The van der Waals surface area contributed by atoms with Crippen molar-refractivity contribution in [2.45, 2.75) is 77.9 Å². The highest BCUT2D eigenvalue weighted by atomic mass is 16.6. The molecule has 1 aliphatic rings. The molecular formula is C17H29NO3. The Morgan fingerprint density at radius 1 is 1.24 bits per heavy atom. The van der Waals surface area contributed by atoms with Gasteiger partial charge in [0.15, 0.2) is 5.78 Å². The molecular weight excluding hydrogens is 266 g/mol. The van der Waals surface area contributed by atoms with Crippen LogP contribution in [0.3, 0.4) is 0 Å². The summed E-state index contributed by atoms with van der Waals surface area (Å²) in [4.78, 5) is 24.2. The normalized spacial score (nSPS) is 17.9. The van der Waals surface area contributed by atoms with Crippen molar-refractivity contribution in [1.82, 2.24) is 5.32 Å². The molecule has 4 nitrogen and oxygen atoms in total. The van der Waals surface area contributed by atoms with Crippen molar-refractivity contribution >= 4 is 11.9 Å². The summed E-state index contributed by atoms with van der Waals surface area (Å²) in [6.45, 7) is 10.8. The molecule has 0 bridgehead atoms. The molecule has 0 aliphatic heterocycles. The van der Waals surface area contributed by atoms with Crippen molar-refractivity contribution in [3.8, 4) is 0 Å². The van der Waals surface area contributed by atoms with Crippen LogP contribution in [-0.4, -0.2) is 23.5 Å². The number of ether oxygens (including phenoxy) is 1. The number of hydrogen-bond acceptors (Lipinski definition) is 3. The second kappa shape index (κ2) is 7.62. The Balaban J connectivity index is 2.65. The zero-order valence-electron chi connectivity index (χ0n) is 13.8. The van der Waals surface area contributed by atoms with Crippen LogP contribution in [0.4, 0.5) is 4.79 Å². The third-order valence-electron chi connectivity index (χ3n) is 3.72. The van der Waals surface area contributed by atoms with E-state index in [2.05, 4.69) is 11.9 Å². The van der Waals surface area contributed by atoms with Crippen LogP contribution in [0.5, 0.6) is 0 Å². The lowest BCUT2D eigenvalue weighted by Crippen LogP contribution is -2.44. The van der Waals surface area contributed by atoms with Gasteiger partial charge in [-0.1, -0.05) is 38.7 Å². The molecule has 0 aromatic rings. The molecule has 0 spiro atoms. The van der Waals surface area contributed by atoms with Gasteiger partial charge in [-0.25, -0.2) is 4.79 Å². The smallest absolute Gasteiger partial charge is 0.408 e. The van der Waals surface area contributed by atoms with E-state index in [0.717, 1.165) is 12.8 Å². The highest BCUT2D eigenvalue weighted by molar-refractivity contribution is 5.99. The average Bonchev–Trinajstić information content (AvgIpc) is 2.36. The van der Waals surface area contributed by atoms with Crippen LogP contribution >= 0.6 is 0 Å². The number of carbonyl (C=O) groups excluding carboxylic acids is 2. The van der Waals surface area contributed by atoms with Gasteiger partial charge in [0, 0.05) is 0 Å². The molecule has 0 heterocycles. The standard InChI is InChI=1S/C17H29NO3/c1-12(2)15(19)14(11-13-9-7-6-8-10-13)18-16(20)21-17(3,4)5/h13-14H,1,6-11H2,2-5H3,(H,18,20). The molecule has 1 fully saturated rings. The number of nitrogens with one attached hydrogen (secondary N) is 1. The summed E-state index contributed by atoms with van der Waals surface area (Å²) < 4.78 is 5.26. The summed E-state index contributed by atoms with van der Waals surface area (Å²) in [5.41, 5.74) is -0.0852. The quantitative estimate of drug-likeness (QED) is 0.780. The maximum Gasteiger partial charge on any atom is 0.408 e. The van der Waals surface area contributed by atoms with E-state index in [-0.39, 0.29) is 5.78 Å². The molecule has 1 amide bonds. The number of alkyl carbamates (subject to hydrolysis) is 1. The van der Waals surface area contributed by atoms with E-state index in [1.807, 2.05) is 20.8 Å². The van der Waals surface area contributed by atoms with Gasteiger partial charge in [-0.2, -0.15) is 0 Å².